The quantitative estimate of drug-likeness (QED) is 0.191. The number of nitrogens with one attached hydrogen (secondary N) is 1. The van der Waals surface area contributed by atoms with Gasteiger partial charge in [0.05, 0.1) is 0 Å². The number of furan rings is 1. The van der Waals surface area contributed by atoms with E-state index in [0.717, 1.165) is 44.5 Å². The van der Waals surface area contributed by atoms with Crippen molar-refractivity contribution >= 4 is 35.2 Å². The Hall–Kier alpha value is -3.78. The third kappa shape index (κ3) is 7.50. The predicted octanol–water partition coefficient (Wildman–Crippen LogP) is 10.4. The first-order valence-electron chi connectivity index (χ1n) is 15.0. The molecule has 0 spiro atoms. The van der Waals surface area contributed by atoms with E-state index in [1.807, 2.05) is 19.9 Å². The van der Waals surface area contributed by atoms with E-state index in [0.29, 0.717) is 11.8 Å². The number of aryl methyl sites for hydroxylation is 1. The normalized spacial score (nSPS) is 15.3. The molecule has 0 saturated carbocycles. The van der Waals surface area contributed by atoms with Gasteiger partial charge >= 0.3 is 0 Å². The molecule has 0 aliphatic rings. The van der Waals surface area contributed by atoms with Gasteiger partial charge < -0.3 is 9.73 Å². The van der Waals surface area contributed by atoms with Crippen molar-refractivity contribution in [1.82, 2.24) is 0 Å². The molecule has 2 aromatic carbocycles. The second-order valence-corrected chi connectivity index (χ2v) is 11.0. The van der Waals surface area contributed by atoms with Crippen molar-refractivity contribution in [2.75, 3.05) is 5.32 Å². The maximum absolute atomic E-state index is 6.08. The molecule has 2 heteroatoms. The molecule has 0 radical (unpaired) electrons. The first kappa shape index (κ1) is 31.7. The van der Waals surface area contributed by atoms with E-state index in [-0.39, 0.29) is 0 Å². The Kier molecular flexibility index (Phi) is 11.4. The summed E-state index contributed by atoms with van der Waals surface area (Å²) in [5.41, 5.74) is 11.7. The molecule has 1 N–H and O–H groups in total. The Morgan fingerprint density at radius 1 is 0.902 bits per heavy atom. The van der Waals surface area contributed by atoms with E-state index in [1.54, 1.807) is 0 Å². The Morgan fingerprint density at radius 3 is 2.00 bits per heavy atom. The minimum Gasteiger partial charge on any atom is -0.460 e. The predicted molar refractivity (Wildman–Crippen MR) is 182 cm³/mol. The summed E-state index contributed by atoms with van der Waals surface area (Å²) in [4.78, 5) is 0. The zero-order valence-corrected chi connectivity index (χ0v) is 26.7. The minimum absolute atomic E-state index is 0.489. The van der Waals surface area contributed by atoms with Crippen LogP contribution in [0.4, 0.5) is 11.4 Å². The van der Waals surface area contributed by atoms with Crippen molar-refractivity contribution in [2.24, 2.45) is 11.8 Å². The molecule has 0 bridgehead atoms. The smallest absolute Gasteiger partial charge is 0.137 e. The van der Waals surface area contributed by atoms with Gasteiger partial charge in [0.1, 0.15) is 11.2 Å². The molecule has 0 saturated heterocycles. The highest BCUT2D eigenvalue weighted by atomic mass is 16.3. The fourth-order valence-electron chi connectivity index (χ4n) is 5.77. The molecule has 41 heavy (non-hydrogen) atoms. The van der Waals surface area contributed by atoms with Gasteiger partial charge in [-0.05, 0) is 124 Å². The Bertz CT molecular complexity index is 1540. The summed E-state index contributed by atoms with van der Waals surface area (Å²) >= 11 is 0. The van der Waals surface area contributed by atoms with Gasteiger partial charge in [-0.2, -0.15) is 0 Å². The van der Waals surface area contributed by atoms with Crippen LogP contribution in [0, 0.1) is 18.8 Å². The minimum atomic E-state index is 0.489. The zero-order chi connectivity index (χ0) is 30.1. The summed E-state index contributed by atoms with van der Waals surface area (Å²) in [6.07, 6.45) is 13.4. The lowest BCUT2D eigenvalue weighted by molar-refractivity contribution is 0.454. The second kappa shape index (κ2) is 14.7. The average Bonchev–Trinajstić information content (AvgIpc) is 3.26. The van der Waals surface area contributed by atoms with Crippen molar-refractivity contribution < 1.29 is 4.42 Å². The lowest BCUT2D eigenvalue weighted by atomic mass is 9.79. The van der Waals surface area contributed by atoms with Crippen molar-refractivity contribution in [3.8, 4) is 0 Å². The number of hydrogen-bond acceptors (Lipinski definition) is 2. The lowest BCUT2D eigenvalue weighted by Crippen LogP contribution is -2.22. The van der Waals surface area contributed by atoms with Crippen molar-refractivity contribution in [3.63, 3.8) is 0 Å². The summed E-state index contributed by atoms with van der Waals surface area (Å²) in [6.45, 7) is 23.8. The molecular formula is C39H49NO. The van der Waals surface area contributed by atoms with Gasteiger partial charge in [0.15, 0.2) is 0 Å². The number of allylic oxidation sites excluding steroid dienone is 7. The van der Waals surface area contributed by atoms with Gasteiger partial charge in [-0.15, -0.1) is 0 Å². The van der Waals surface area contributed by atoms with Crippen LogP contribution in [0.1, 0.15) is 90.7 Å². The van der Waals surface area contributed by atoms with E-state index < -0.39 is 0 Å². The van der Waals surface area contributed by atoms with Crippen LogP contribution < -0.4 is 16.0 Å². The number of anilines is 2. The molecule has 0 fully saturated rings. The van der Waals surface area contributed by atoms with E-state index in [9.17, 15) is 0 Å². The highest BCUT2D eigenvalue weighted by Gasteiger charge is 2.20. The molecular weight excluding hydrogens is 498 g/mol. The van der Waals surface area contributed by atoms with Crippen LogP contribution in [-0.4, -0.2) is 0 Å². The van der Waals surface area contributed by atoms with Crippen LogP contribution in [0.3, 0.4) is 0 Å². The Balaban J connectivity index is 1.79. The second-order valence-electron chi connectivity index (χ2n) is 11.0. The molecule has 2 atom stereocenters. The van der Waals surface area contributed by atoms with Crippen LogP contribution >= 0.6 is 0 Å². The van der Waals surface area contributed by atoms with Crippen LogP contribution in [-0.2, 0) is 0 Å². The molecule has 216 valence electrons. The van der Waals surface area contributed by atoms with Crippen molar-refractivity contribution in [3.05, 3.63) is 117 Å². The third-order valence-corrected chi connectivity index (χ3v) is 8.33. The zero-order valence-electron chi connectivity index (χ0n) is 26.7. The Labute approximate surface area is 248 Å². The van der Waals surface area contributed by atoms with E-state index in [2.05, 4.69) is 133 Å². The van der Waals surface area contributed by atoms with Crippen LogP contribution in [0.2, 0.25) is 0 Å². The number of hydrogen-bond donors (Lipinski definition) is 1. The summed E-state index contributed by atoms with van der Waals surface area (Å²) in [5, 5.41) is 4.49. The molecule has 3 aromatic rings. The summed E-state index contributed by atoms with van der Waals surface area (Å²) < 4.78 is 6.08. The Morgan fingerprint density at radius 2 is 1.49 bits per heavy atom. The molecule has 1 heterocycles. The van der Waals surface area contributed by atoms with Gasteiger partial charge in [0.2, 0.25) is 0 Å². The number of benzene rings is 2. The van der Waals surface area contributed by atoms with Gasteiger partial charge in [-0.3, -0.25) is 0 Å². The molecule has 0 amide bonds. The molecule has 3 rings (SSSR count). The monoisotopic (exact) mass is 547 g/mol. The maximum atomic E-state index is 6.08. The fraction of sp³-hybridized carbons (Fsp3) is 0.333. The van der Waals surface area contributed by atoms with Crippen LogP contribution in [0.5, 0.6) is 0 Å². The molecule has 2 nitrogen and oxygen atoms in total. The van der Waals surface area contributed by atoms with E-state index in [1.165, 1.54) is 35.1 Å². The topological polar surface area (TPSA) is 25.2 Å². The molecule has 2 unspecified atom stereocenters. The number of rotatable bonds is 11. The highest BCUT2D eigenvalue weighted by molar-refractivity contribution is 5.73. The van der Waals surface area contributed by atoms with E-state index >= 15 is 0 Å². The molecule has 1 aromatic heterocycles. The molecule has 0 aliphatic heterocycles. The van der Waals surface area contributed by atoms with E-state index in [4.69, 9.17) is 4.42 Å². The van der Waals surface area contributed by atoms with Gasteiger partial charge in [-0.25, -0.2) is 0 Å². The van der Waals surface area contributed by atoms with Crippen LogP contribution in [0.15, 0.2) is 88.4 Å². The maximum Gasteiger partial charge on any atom is 0.137 e. The fourth-order valence-corrected chi connectivity index (χ4v) is 5.77. The summed E-state index contributed by atoms with van der Waals surface area (Å²) in [7, 11) is 0. The first-order valence-corrected chi connectivity index (χ1v) is 15.0. The van der Waals surface area contributed by atoms with Gasteiger partial charge in [-0.1, -0.05) is 81.5 Å². The SMILES string of the molecule is C=c1c(/C=C\C)c(C)o/c1=C(/C)c1ccc(Nc2ccc(/C(C)=C(C)/C(=C\C)C(C)C(/C=C\C)CCC)cc2)cc1. The highest BCUT2D eigenvalue weighted by Crippen LogP contribution is 2.34. The van der Waals surface area contributed by atoms with Gasteiger partial charge in [0.25, 0.3) is 0 Å². The first-order chi connectivity index (χ1) is 19.7. The summed E-state index contributed by atoms with van der Waals surface area (Å²) in [6, 6.07) is 17.3. The van der Waals surface area contributed by atoms with Crippen molar-refractivity contribution in [2.45, 2.75) is 75.2 Å². The summed E-state index contributed by atoms with van der Waals surface area (Å²) in [5.74, 6) is 1.95. The average molecular weight is 548 g/mol. The van der Waals surface area contributed by atoms with Crippen LogP contribution in [0.25, 0.3) is 23.8 Å². The van der Waals surface area contributed by atoms with Gasteiger partial charge in [0, 0.05) is 22.2 Å². The lowest BCUT2D eigenvalue weighted by Gasteiger charge is -2.25. The third-order valence-electron chi connectivity index (χ3n) is 8.33. The standard InChI is InChI=1S/C39H49NO/c1-11-15-32(16-12-2)28(7)37(14-4)27(6)26(5)33-18-22-35(23-19-33)40-36-24-20-34(21-25-36)29(8)39-30(9)38(17-13-3)31(10)41-39/h11,13-15,17-25,28,32,40H,9,12,16H2,1-8,10H3/b15-11-,17-13-,27-26+,37-14+,39-29-. The largest absolute Gasteiger partial charge is 0.460 e. The van der Waals surface area contributed by atoms with Crippen molar-refractivity contribution in [1.29, 1.82) is 0 Å². The molecule has 0 aliphatic carbocycles.